The lowest BCUT2D eigenvalue weighted by molar-refractivity contribution is 0.0840. The molecule has 0 atom stereocenters. The molecule has 0 saturated carbocycles. The summed E-state index contributed by atoms with van der Waals surface area (Å²) in [6, 6.07) is 7.69. The van der Waals surface area contributed by atoms with Crippen LogP contribution >= 0.6 is 34.3 Å². The van der Waals surface area contributed by atoms with Gasteiger partial charge in [0.2, 0.25) is 0 Å². The highest BCUT2D eigenvalue weighted by molar-refractivity contribution is 7.16. The van der Waals surface area contributed by atoms with Crippen molar-refractivity contribution in [2.75, 3.05) is 18.5 Å². The van der Waals surface area contributed by atoms with E-state index in [4.69, 9.17) is 16.3 Å². The van der Waals surface area contributed by atoms with Crippen molar-refractivity contribution in [3.05, 3.63) is 55.5 Å². The van der Waals surface area contributed by atoms with Gasteiger partial charge in [-0.1, -0.05) is 11.6 Å². The first-order valence-corrected chi connectivity index (χ1v) is 10.6. The van der Waals surface area contributed by atoms with Crippen molar-refractivity contribution in [1.29, 1.82) is 0 Å². The molecule has 1 saturated heterocycles. The van der Waals surface area contributed by atoms with E-state index in [1.807, 2.05) is 35.0 Å². The van der Waals surface area contributed by atoms with E-state index in [2.05, 4.69) is 10.4 Å². The van der Waals surface area contributed by atoms with Crippen LogP contribution in [0.15, 0.2) is 35.0 Å². The molecule has 0 aromatic carbocycles. The van der Waals surface area contributed by atoms with Crippen LogP contribution in [0.5, 0.6) is 0 Å². The van der Waals surface area contributed by atoms with Crippen molar-refractivity contribution in [2.24, 2.45) is 0 Å². The van der Waals surface area contributed by atoms with E-state index < -0.39 is 0 Å². The lowest BCUT2D eigenvalue weighted by Gasteiger charge is -2.19. The maximum atomic E-state index is 12.9. The average molecular weight is 408 g/mol. The summed E-state index contributed by atoms with van der Waals surface area (Å²) in [5.74, 6) is 0.931. The number of hydrogen-bond acceptors (Lipinski definition) is 6. The first-order chi connectivity index (χ1) is 12.7. The van der Waals surface area contributed by atoms with Crippen LogP contribution < -0.4 is 5.32 Å². The van der Waals surface area contributed by atoms with Gasteiger partial charge in [-0.25, -0.2) is 0 Å². The smallest absolute Gasteiger partial charge is 0.280 e. The third-order valence-corrected chi connectivity index (χ3v) is 6.32. The Kier molecular flexibility index (Phi) is 5.40. The lowest BCUT2D eigenvalue weighted by atomic mass is 9.97. The molecule has 0 spiro atoms. The minimum absolute atomic E-state index is 0.115. The number of thiophene rings is 2. The maximum absolute atomic E-state index is 12.9. The van der Waals surface area contributed by atoms with Gasteiger partial charge in [0.05, 0.1) is 22.1 Å². The first kappa shape index (κ1) is 17.7. The van der Waals surface area contributed by atoms with Gasteiger partial charge in [-0.05, 0) is 36.4 Å². The number of carbonyl (C=O) groups excluding carboxylic acids is 1. The fourth-order valence-electron chi connectivity index (χ4n) is 3.01. The fraction of sp³-hybridized carbons (Fsp3) is 0.333. The molecular weight excluding hydrogens is 390 g/mol. The summed E-state index contributed by atoms with van der Waals surface area (Å²) in [6.07, 6.45) is 1.87. The molecule has 0 unspecified atom stereocenters. The fourth-order valence-corrected chi connectivity index (χ4v) is 4.66. The lowest BCUT2D eigenvalue weighted by Crippen LogP contribution is -2.18. The van der Waals surface area contributed by atoms with Crippen LogP contribution in [0.25, 0.3) is 0 Å². The van der Waals surface area contributed by atoms with E-state index in [9.17, 15) is 4.79 Å². The van der Waals surface area contributed by atoms with Crippen molar-refractivity contribution in [1.82, 2.24) is 9.78 Å². The van der Waals surface area contributed by atoms with Gasteiger partial charge in [0.15, 0.2) is 0 Å². The van der Waals surface area contributed by atoms with E-state index in [1.54, 1.807) is 0 Å². The number of rotatable bonds is 5. The second-order valence-electron chi connectivity index (χ2n) is 6.13. The van der Waals surface area contributed by atoms with Crippen LogP contribution in [-0.4, -0.2) is 28.9 Å². The van der Waals surface area contributed by atoms with Gasteiger partial charge in [0, 0.05) is 35.5 Å². The Labute approximate surface area is 164 Å². The van der Waals surface area contributed by atoms with Crippen molar-refractivity contribution in [3.63, 3.8) is 0 Å². The molecule has 3 aromatic rings. The Morgan fingerprint density at radius 2 is 2.19 bits per heavy atom. The number of nitrogens with zero attached hydrogens (tertiary/aromatic N) is 2. The number of aromatic nitrogens is 2. The van der Waals surface area contributed by atoms with E-state index in [0.717, 1.165) is 41.0 Å². The Bertz CT molecular complexity index is 882. The molecular formula is C18H18ClN3O2S2. The van der Waals surface area contributed by atoms with Crippen molar-refractivity contribution in [2.45, 2.75) is 25.3 Å². The summed E-state index contributed by atoms with van der Waals surface area (Å²) in [4.78, 5) is 14.0. The normalized spacial score (nSPS) is 15.3. The molecule has 3 aromatic heterocycles. The monoisotopic (exact) mass is 407 g/mol. The highest BCUT2D eigenvalue weighted by Gasteiger charge is 2.23. The number of anilines is 1. The van der Waals surface area contributed by atoms with Gasteiger partial charge in [-0.2, -0.15) is 21.1 Å². The molecule has 1 fully saturated rings. The SMILES string of the molecule is O=C(c1ccsc1)n1nc(C2CCOCC2)cc1NCc1ccc(Cl)s1. The molecule has 4 heterocycles. The molecule has 0 amide bonds. The molecule has 0 radical (unpaired) electrons. The van der Waals surface area contributed by atoms with Crippen LogP contribution in [0.3, 0.4) is 0 Å². The third kappa shape index (κ3) is 3.86. The Balaban J connectivity index is 1.60. The predicted octanol–water partition coefficient (Wildman–Crippen LogP) is 4.85. The quantitative estimate of drug-likeness (QED) is 0.656. The van der Waals surface area contributed by atoms with Gasteiger partial charge in [-0.15, -0.1) is 11.3 Å². The van der Waals surface area contributed by atoms with E-state index in [-0.39, 0.29) is 5.91 Å². The largest absolute Gasteiger partial charge is 0.381 e. The van der Waals surface area contributed by atoms with Crippen LogP contribution in [0, 0.1) is 0 Å². The standard InChI is InChI=1S/C18H18ClN3O2S2/c19-16-2-1-14(26-16)10-20-17-9-15(12-3-6-24-7-4-12)21-22(17)18(23)13-5-8-25-11-13/h1-2,5,8-9,11-12,20H,3-4,6-7,10H2. The second kappa shape index (κ2) is 7.92. The average Bonchev–Trinajstić information content (AvgIpc) is 3.41. The van der Waals surface area contributed by atoms with Crippen molar-refractivity contribution < 1.29 is 9.53 Å². The Morgan fingerprint density at radius 3 is 2.88 bits per heavy atom. The summed E-state index contributed by atoms with van der Waals surface area (Å²) in [5, 5.41) is 11.7. The molecule has 26 heavy (non-hydrogen) atoms. The molecule has 0 aliphatic carbocycles. The summed E-state index contributed by atoms with van der Waals surface area (Å²) >= 11 is 9.04. The van der Waals surface area contributed by atoms with Crippen LogP contribution in [-0.2, 0) is 11.3 Å². The summed E-state index contributed by atoms with van der Waals surface area (Å²) in [6.45, 7) is 2.09. The molecule has 8 heteroatoms. The molecule has 136 valence electrons. The number of carbonyl (C=O) groups is 1. The van der Waals surface area contributed by atoms with E-state index in [1.165, 1.54) is 27.4 Å². The summed E-state index contributed by atoms with van der Waals surface area (Å²) < 4.78 is 7.69. The minimum atomic E-state index is -0.115. The topological polar surface area (TPSA) is 56.2 Å². The second-order valence-corrected chi connectivity index (χ2v) is 8.71. The highest BCUT2D eigenvalue weighted by atomic mass is 35.5. The highest BCUT2D eigenvalue weighted by Crippen LogP contribution is 2.29. The van der Waals surface area contributed by atoms with Gasteiger partial charge in [-0.3, -0.25) is 4.79 Å². The van der Waals surface area contributed by atoms with Gasteiger partial charge >= 0.3 is 0 Å². The third-order valence-electron chi connectivity index (χ3n) is 4.40. The van der Waals surface area contributed by atoms with Crippen LogP contribution in [0.2, 0.25) is 4.34 Å². The molecule has 1 aliphatic heterocycles. The number of hydrogen-bond donors (Lipinski definition) is 1. The zero-order chi connectivity index (χ0) is 17.9. The molecule has 1 N–H and O–H groups in total. The zero-order valence-corrected chi connectivity index (χ0v) is 16.4. The van der Waals surface area contributed by atoms with E-state index in [0.29, 0.717) is 23.8 Å². The maximum Gasteiger partial charge on any atom is 0.280 e. The minimum Gasteiger partial charge on any atom is -0.381 e. The van der Waals surface area contributed by atoms with Gasteiger partial charge in [0.25, 0.3) is 5.91 Å². The summed E-state index contributed by atoms with van der Waals surface area (Å²) in [5.41, 5.74) is 1.60. The first-order valence-electron chi connectivity index (χ1n) is 8.43. The number of nitrogens with one attached hydrogen (secondary N) is 1. The van der Waals surface area contributed by atoms with Crippen molar-refractivity contribution in [3.8, 4) is 0 Å². The Morgan fingerprint density at radius 1 is 1.35 bits per heavy atom. The van der Waals surface area contributed by atoms with Crippen LogP contribution in [0.4, 0.5) is 5.82 Å². The molecule has 5 nitrogen and oxygen atoms in total. The van der Waals surface area contributed by atoms with Gasteiger partial charge < -0.3 is 10.1 Å². The van der Waals surface area contributed by atoms with Crippen molar-refractivity contribution >= 4 is 46.0 Å². The molecule has 4 rings (SSSR count). The van der Waals surface area contributed by atoms with Crippen LogP contribution in [0.1, 0.15) is 39.7 Å². The molecule has 0 bridgehead atoms. The van der Waals surface area contributed by atoms with E-state index >= 15 is 0 Å². The number of ether oxygens (including phenoxy) is 1. The summed E-state index contributed by atoms with van der Waals surface area (Å²) in [7, 11) is 0. The molecule has 1 aliphatic rings. The zero-order valence-electron chi connectivity index (χ0n) is 14.0. The predicted molar refractivity (Wildman–Crippen MR) is 106 cm³/mol. The van der Waals surface area contributed by atoms with Gasteiger partial charge in [0.1, 0.15) is 5.82 Å². The Hall–Kier alpha value is -1.67. The number of halogens is 1.